The van der Waals surface area contributed by atoms with Gasteiger partial charge < -0.3 is 15.7 Å². The summed E-state index contributed by atoms with van der Waals surface area (Å²) in [4.78, 5) is 2.14. The van der Waals surface area contributed by atoms with Crippen LogP contribution in [0.1, 0.15) is 37.7 Å². The van der Waals surface area contributed by atoms with Crippen molar-refractivity contribution in [3.05, 3.63) is 29.6 Å². The summed E-state index contributed by atoms with van der Waals surface area (Å²) in [5.41, 5.74) is 7.09. The molecule has 4 heteroatoms. The number of aliphatic hydroxyl groups is 1. The number of hydrogen-bond acceptors (Lipinski definition) is 3. The minimum Gasteiger partial charge on any atom is -0.395 e. The molecule has 0 unspecified atom stereocenters. The van der Waals surface area contributed by atoms with Crippen molar-refractivity contribution in [3.63, 3.8) is 0 Å². The summed E-state index contributed by atoms with van der Waals surface area (Å²) in [7, 11) is 0. The second kappa shape index (κ2) is 6.87. The minimum absolute atomic E-state index is 0.0804. The van der Waals surface area contributed by atoms with Crippen LogP contribution in [0.3, 0.4) is 0 Å². The maximum atomic E-state index is 13.8. The van der Waals surface area contributed by atoms with Gasteiger partial charge in [0.05, 0.1) is 6.61 Å². The lowest BCUT2D eigenvalue weighted by molar-refractivity contribution is 0.289. The molecule has 3 N–H and O–H groups in total. The summed E-state index contributed by atoms with van der Waals surface area (Å²) in [6.07, 6.45) is 5.91. The first-order valence-corrected chi connectivity index (χ1v) is 7.13. The van der Waals surface area contributed by atoms with E-state index in [4.69, 9.17) is 5.73 Å². The standard InChI is InChI=1S/C15H23FN2O/c16-14-7-4-8-15(13(14)11-17)18(9-10-19)12-5-2-1-3-6-12/h4,7-8,12,19H,1-3,5-6,9-11,17H2. The fraction of sp³-hybridized carbons (Fsp3) is 0.600. The Balaban J connectivity index is 2.29. The molecule has 19 heavy (non-hydrogen) atoms. The summed E-state index contributed by atoms with van der Waals surface area (Å²) in [5.74, 6) is -0.251. The molecule has 0 spiro atoms. The molecule has 1 aliphatic rings. The van der Waals surface area contributed by atoms with Crippen molar-refractivity contribution in [2.24, 2.45) is 5.73 Å². The molecule has 0 amide bonds. The van der Waals surface area contributed by atoms with Crippen LogP contribution in [0.4, 0.5) is 10.1 Å². The van der Waals surface area contributed by atoms with Crippen LogP contribution in [0, 0.1) is 5.82 Å². The van der Waals surface area contributed by atoms with Crippen LogP contribution in [0.25, 0.3) is 0 Å². The minimum atomic E-state index is -0.251. The number of hydrogen-bond donors (Lipinski definition) is 2. The first kappa shape index (κ1) is 14.3. The van der Waals surface area contributed by atoms with Crippen molar-refractivity contribution in [1.29, 1.82) is 0 Å². The lowest BCUT2D eigenvalue weighted by atomic mass is 9.93. The van der Waals surface area contributed by atoms with Crippen molar-refractivity contribution in [1.82, 2.24) is 0 Å². The number of benzene rings is 1. The highest BCUT2D eigenvalue weighted by Crippen LogP contribution is 2.30. The lowest BCUT2D eigenvalue weighted by Gasteiger charge is -2.37. The molecule has 106 valence electrons. The van der Waals surface area contributed by atoms with Gasteiger partial charge >= 0.3 is 0 Å². The van der Waals surface area contributed by atoms with Crippen LogP contribution in [-0.4, -0.2) is 24.3 Å². The van der Waals surface area contributed by atoms with Gasteiger partial charge in [0.2, 0.25) is 0 Å². The monoisotopic (exact) mass is 266 g/mol. The van der Waals surface area contributed by atoms with Gasteiger partial charge in [0.15, 0.2) is 0 Å². The number of halogens is 1. The number of anilines is 1. The van der Waals surface area contributed by atoms with Gasteiger partial charge in [-0.2, -0.15) is 0 Å². The first-order chi connectivity index (χ1) is 9.27. The third-order valence-corrected chi connectivity index (χ3v) is 3.96. The van der Waals surface area contributed by atoms with Gasteiger partial charge in [-0.1, -0.05) is 25.3 Å². The Kier molecular flexibility index (Phi) is 5.16. The van der Waals surface area contributed by atoms with Gasteiger partial charge in [-0.05, 0) is 25.0 Å². The Bertz CT molecular complexity index is 405. The van der Waals surface area contributed by atoms with E-state index in [0.29, 0.717) is 18.2 Å². The number of aliphatic hydroxyl groups excluding tert-OH is 1. The normalized spacial score (nSPS) is 16.6. The highest BCUT2D eigenvalue weighted by Gasteiger charge is 2.23. The van der Waals surface area contributed by atoms with E-state index in [1.807, 2.05) is 6.07 Å². The van der Waals surface area contributed by atoms with Gasteiger partial charge in [-0.3, -0.25) is 0 Å². The van der Waals surface area contributed by atoms with Gasteiger partial charge in [0, 0.05) is 30.4 Å². The van der Waals surface area contributed by atoms with E-state index in [0.717, 1.165) is 18.5 Å². The second-order valence-corrected chi connectivity index (χ2v) is 5.15. The van der Waals surface area contributed by atoms with Gasteiger partial charge in [-0.15, -0.1) is 0 Å². The van der Waals surface area contributed by atoms with Crippen LogP contribution in [0.5, 0.6) is 0 Å². The smallest absolute Gasteiger partial charge is 0.129 e. The summed E-state index contributed by atoms with van der Waals surface area (Å²) in [6, 6.07) is 5.48. The molecule has 0 aliphatic heterocycles. The molecule has 0 bridgehead atoms. The predicted molar refractivity (Wildman–Crippen MR) is 75.6 cm³/mol. The molecule has 2 rings (SSSR count). The molecule has 0 heterocycles. The zero-order valence-electron chi connectivity index (χ0n) is 11.3. The van der Waals surface area contributed by atoms with Crippen molar-refractivity contribution >= 4 is 5.69 Å². The van der Waals surface area contributed by atoms with Crippen molar-refractivity contribution in [3.8, 4) is 0 Å². The third kappa shape index (κ3) is 3.25. The van der Waals surface area contributed by atoms with Crippen LogP contribution < -0.4 is 10.6 Å². The predicted octanol–water partition coefficient (Wildman–Crippen LogP) is 2.42. The second-order valence-electron chi connectivity index (χ2n) is 5.15. The van der Waals surface area contributed by atoms with Gasteiger partial charge in [-0.25, -0.2) is 4.39 Å². The molecule has 1 aromatic carbocycles. The van der Waals surface area contributed by atoms with Crippen LogP contribution in [0.2, 0.25) is 0 Å². The number of nitrogens with zero attached hydrogens (tertiary/aromatic N) is 1. The molecule has 1 saturated carbocycles. The zero-order valence-corrected chi connectivity index (χ0v) is 11.3. The van der Waals surface area contributed by atoms with Crippen molar-refractivity contribution < 1.29 is 9.50 Å². The average molecular weight is 266 g/mol. The van der Waals surface area contributed by atoms with Gasteiger partial charge in [0.1, 0.15) is 5.82 Å². The summed E-state index contributed by atoms with van der Waals surface area (Å²) in [5, 5.41) is 9.29. The first-order valence-electron chi connectivity index (χ1n) is 7.13. The van der Waals surface area contributed by atoms with Crippen LogP contribution >= 0.6 is 0 Å². The Morgan fingerprint density at radius 1 is 1.26 bits per heavy atom. The Labute approximate surface area is 114 Å². The molecule has 1 aromatic rings. The Morgan fingerprint density at radius 2 is 2.00 bits per heavy atom. The lowest BCUT2D eigenvalue weighted by Crippen LogP contribution is -2.39. The zero-order chi connectivity index (χ0) is 13.7. The van der Waals surface area contributed by atoms with E-state index in [1.54, 1.807) is 6.07 Å². The Hall–Kier alpha value is -1.13. The molecular formula is C15H23FN2O. The fourth-order valence-corrected chi connectivity index (χ4v) is 3.02. The van der Waals surface area contributed by atoms with Crippen molar-refractivity contribution in [2.75, 3.05) is 18.1 Å². The summed E-state index contributed by atoms with van der Waals surface area (Å²) in [6.45, 7) is 0.814. The van der Waals surface area contributed by atoms with Crippen molar-refractivity contribution in [2.45, 2.75) is 44.7 Å². The molecule has 1 fully saturated rings. The largest absolute Gasteiger partial charge is 0.395 e. The summed E-state index contributed by atoms with van der Waals surface area (Å²) < 4.78 is 13.8. The van der Waals surface area contributed by atoms with E-state index in [2.05, 4.69) is 4.90 Å². The van der Waals surface area contributed by atoms with E-state index in [9.17, 15) is 9.50 Å². The van der Waals surface area contributed by atoms with Gasteiger partial charge in [0.25, 0.3) is 0 Å². The fourth-order valence-electron chi connectivity index (χ4n) is 3.02. The van der Waals surface area contributed by atoms with Crippen LogP contribution in [0.15, 0.2) is 18.2 Å². The Morgan fingerprint density at radius 3 is 2.63 bits per heavy atom. The quantitative estimate of drug-likeness (QED) is 0.860. The molecule has 0 saturated heterocycles. The van der Waals surface area contributed by atoms with Crippen LogP contribution in [-0.2, 0) is 6.54 Å². The molecule has 0 aromatic heterocycles. The number of rotatable bonds is 5. The third-order valence-electron chi connectivity index (χ3n) is 3.96. The average Bonchev–Trinajstić information content (AvgIpc) is 2.45. The van der Waals surface area contributed by atoms with E-state index < -0.39 is 0 Å². The molecule has 0 radical (unpaired) electrons. The highest BCUT2D eigenvalue weighted by atomic mass is 19.1. The van der Waals surface area contributed by atoms with E-state index >= 15 is 0 Å². The SMILES string of the molecule is NCc1c(F)cccc1N(CCO)C1CCCCC1. The molecule has 3 nitrogen and oxygen atoms in total. The summed E-state index contributed by atoms with van der Waals surface area (Å²) >= 11 is 0. The molecule has 1 aliphatic carbocycles. The topological polar surface area (TPSA) is 49.5 Å². The molecule has 0 atom stereocenters. The highest BCUT2D eigenvalue weighted by molar-refractivity contribution is 5.55. The maximum absolute atomic E-state index is 13.8. The van der Waals surface area contributed by atoms with E-state index in [1.165, 1.54) is 25.3 Å². The molecular weight excluding hydrogens is 243 g/mol. The van der Waals surface area contributed by atoms with E-state index in [-0.39, 0.29) is 19.0 Å². The maximum Gasteiger partial charge on any atom is 0.129 e. The number of nitrogens with two attached hydrogens (primary N) is 1.